The number of hydrogen-bond acceptors (Lipinski definition) is 3. The van der Waals surface area contributed by atoms with E-state index in [9.17, 15) is 14.4 Å². The van der Waals surface area contributed by atoms with Gasteiger partial charge in [0.25, 0.3) is 5.91 Å². The maximum absolute atomic E-state index is 12.3. The summed E-state index contributed by atoms with van der Waals surface area (Å²) in [6.45, 7) is 1.95. The van der Waals surface area contributed by atoms with Crippen molar-refractivity contribution in [1.29, 1.82) is 0 Å². The largest absolute Gasteiger partial charge is 0.480 e. The smallest absolute Gasteiger partial charge is 0.326 e. The topological polar surface area (TPSA) is 86.7 Å². The molecule has 0 radical (unpaired) electrons. The zero-order valence-corrected chi connectivity index (χ0v) is 12.8. The van der Waals surface area contributed by atoms with Crippen LogP contribution in [-0.2, 0) is 9.59 Å². The van der Waals surface area contributed by atoms with Crippen molar-refractivity contribution < 1.29 is 19.5 Å². The second kappa shape index (κ2) is 6.79. The van der Waals surface area contributed by atoms with Crippen molar-refractivity contribution in [3.8, 4) is 0 Å². The van der Waals surface area contributed by atoms with Gasteiger partial charge in [-0.05, 0) is 44.0 Å². The van der Waals surface area contributed by atoms with E-state index in [1.165, 1.54) is 4.90 Å². The summed E-state index contributed by atoms with van der Waals surface area (Å²) in [5.74, 6) is -1.79. The minimum atomic E-state index is -1.01. The molecule has 2 atom stereocenters. The third-order valence-electron chi connectivity index (χ3n) is 3.65. The first-order chi connectivity index (χ1) is 10.4. The maximum atomic E-state index is 12.3. The number of amides is 2. The molecule has 1 aromatic carbocycles. The molecule has 6 nitrogen and oxygen atoms in total. The van der Waals surface area contributed by atoms with Gasteiger partial charge in [-0.2, -0.15) is 0 Å². The van der Waals surface area contributed by atoms with Crippen LogP contribution in [0.4, 0.5) is 0 Å². The van der Waals surface area contributed by atoms with Crippen LogP contribution in [0.3, 0.4) is 0 Å². The molecule has 7 heteroatoms. The number of aliphatic carboxylic acids is 1. The number of carboxylic acid groups (broad SMARTS) is 1. The summed E-state index contributed by atoms with van der Waals surface area (Å²) in [6, 6.07) is 4.70. The molecule has 1 saturated heterocycles. The van der Waals surface area contributed by atoms with Crippen LogP contribution in [0, 0.1) is 0 Å². The molecule has 0 bridgehead atoms. The molecule has 0 saturated carbocycles. The van der Waals surface area contributed by atoms with E-state index >= 15 is 0 Å². The summed E-state index contributed by atoms with van der Waals surface area (Å²) >= 11 is 5.76. The van der Waals surface area contributed by atoms with E-state index in [-0.39, 0.29) is 5.91 Å². The van der Waals surface area contributed by atoms with Crippen molar-refractivity contribution in [3.05, 3.63) is 34.9 Å². The minimum Gasteiger partial charge on any atom is -0.480 e. The lowest BCUT2D eigenvalue weighted by Crippen LogP contribution is -2.50. The van der Waals surface area contributed by atoms with Gasteiger partial charge in [0.15, 0.2) is 0 Å². The number of nitrogens with zero attached hydrogens (tertiary/aromatic N) is 1. The number of halogens is 1. The number of nitrogens with one attached hydrogen (secondary N) is 1. The Balaban J connectivity index is 2.00. The number of carbonyl (C=O) groups is 3. The van der Waals surface area contributed by atoms with E-state index in [4.69, 9.17) is 16.7 Å². The van der Waals surface area contributed by atoms with E-state index in [2.05, 4.69) is 5.32 Å². The van der Waals surface area contributed by atoms with E-state index in [1.807, 2.05) is 0 Å². The molecule has 2 rings (SSSR count). The Morgan fingerprint density at radius 1 is 1.32 bits per heavy atom. The molecular weight excluding hydrogens is 308 g/mol. The molecule has 2 amide bonds. The van der Waals surface area contributed by atoms with E-state index in [1.54, 1.807) is 31.2 Å². The molecule has 1 aliphatic heterocycles. The number of benzene rings is 1. The molecule has 0 aliphatic carbocycles. The van der Waals surface area contributed by atoms with Crippen LogP contribution in [0.1, 0.15) is 30.1 Å². The van der Waals surface area contributed by atoms with Crippen LogP contribution in [0.25, 0.3) is 0 Å². The Bertz CT molecular complexity index is 588. The highest BCUT2D eigenvalue weighted by Crippen LogP contribution is 2.18. The van der Waals surface area contributed by atoms with Crippen molar-refractivity contribution in [3.63, 3.8) is 0 Å². The van der Waals surface area contributed by atoms with Crippen molar-refractivity contribution in [1.82, 2.24) is 10.2 Å². The lowest BCUT2D eigenvalue weighted by Gasteiger charge is -2.25. The fourth-order valence-corrected chi connectivity index (χ4v) is 2.60. The standard InChI is InChI=1S/C15H17ClN2O4/c1-9(14(20)18-8-2-3-12(18)15(21)22)17-13(19)10-4-6-11(16)7-5-10/h4-7,9,12H,2-3,8H2,1H3,(H,17,19)(H,21,22). The van der Waals surface area contributed by atoms with Gasteiger partial charge in [0.2, 0.25) is 5.91 Å². The molecule has 2 unspecified atom stereocenters. The predicted octanol–water partition coefficient (Wildman–Crippen LogP) is 1.53. The van der Waals surface area contributed by atoms with E-state index in [0.717, 1.165) is 0 Å². The number of rotatable bonds is 4. The number of carboxylic acids is 1. The van der Waals surface area contributed by atoms with Crippen LogP contribution in [0.5, 0.6) is 0 Å². The van der Waals surface area contributed by atoms with Gasteiger partial charge in [0, 0.05) is 17.1 Å². The van der Waals surface area contributed by atoms with Gasteiger partial charge in [-0.1, -0.05) is 11.6 Å². The Hall–Kier alpha value is -2.08. The van der Waals surface area contributed by atoms with Crippen LogP contribution >= 0.6 is 11.6 Å². The fourth-order valence-electron chi connectivity index (χ4n) is 2.48. The highest BCUT2D eigenvalue weighted by molar-refractivity contribution is 6.30. The lowest BCUT2D eigenvalue weighted by atomic mass is 10.2. The van der Waals surface area contributed by atoms with Crippen molar-refractivity contribution in [2.45, 2.75) is 31.8 Å². The average molecular weight is 325 g/mol. The normalized spacial score (nSPS) is 18.8. The summed E-state index contributed by atoms with van der Waals surface area (Å²) in [5, 5.41) is 12.2. The Labute approximate surface area is 133 Å². The lowest BCUT2D eigenvalue weighted by molar-refractivity contribution is -0.148. The highest BCUT2D eigenvalue weighted by atomic mass is 35.5. The minimum absolute atomic E-state index is 0.382. The first kappa shape index (κ1) is 16.3. The summed E-state index contributed by atoms with van der Waals surface area (Å²) in [5.41, 5.74) is 0.389. The quantitative estimate of drug-likeness (QED) is 0.879. The van der Waals surface area contributed by atoms with Crippen LogP contribution in [-0.4, -0.2) is 46.4 Å². The second-order valence-corrected chi connectivity index (χ2v) is 5.67. The fraction of sp³-hybridized carbons (Fsp3) is 0.400. The predicted molar refractivity (Wildman–Crippen MR) is 80.8 cm³/mol. The zero-order chi connectivity index (χ0) is 16.3. The van der Waals surface area contributed by atoms with E-state index in [0.29, 0.717) is 30.0 Å². The molecule has 118 valence electrons. The van der Waals surface area contributed by atoms with Crippen molar-refractivity contribution in [2.75, 3.05) is 6.54 Å². The zero-order valence-electron chi connectivity index (χ0n) is 12.1. The van der Waals surface area contributed by atoms with Crippen LogP contribution in [0.15, 0.2) is 24.3 Å². The van der Waals surface area contributed by atoms with Gasteiger partial charge in [-0.3, -0.25) is 9.59 Å². The third-order valence-corrected chi connectivity index (χ3v) is 3.90. The Morgan fingerprint density at radius 3 is 2.55 bits per heavy atom. The highest BCUT2D eigenvalue weighted by Gasteiger charge is 2.36. The van der Waals surface area contributed by atoms with Crippen molar-refractivity contribution >= 4 is 29.4 Å². The van der Waals surface area contributed by atoms with Gasteiger partial charge >= 0.3 is 5.97 Å². The Kier molecular flexibility index (Phi) is 5.03. The summed E-state index contributed by atoms with van der Waals surface area (Å²) in [7, 11) is 0. The Morgan fingerprint density at radius 2 is 1.95 bits per heavy atom. The van der Waals surface area contributed by atoms with Crippen molar-refractivity contribution in [2.24, 2.45) is 0 Å². The molecule has 0 spiro atoms. The molecule has 22 heavy (non-hydrogen) atoms. The molecule has 1 heterocycles. The SMILES string of the molecule is CC(NC(=O)c1ccc(Cl)cc1)C(=O)N1CCCC1C(=O)O. The molecule has 1 aliphatic rings. The summed E-state index contributed by atoms with van der Waals surface area (Å²) in [6.07, 6.45) is 1.10. The maximum Gasteiger partial charge on any atom is 0.326 e. The molecule has 1 aromatic rings. The summed E-state index contributed by atoms with van der Waals surface area (Å²) < 4.78 is 0. The average Bonchev–Trinajstić information content (AvgIpc) is 2.96. The van der Waals surface area contributed by atoms with E-state index < -0.39 is 24.0 Å². The van der Waals surface area contributed by atoms with Gasteiger partial charge < -0.3 is 15.3 Å². The van der Waals surface area contributed by atoms with Gasteiger partial charge in [0.05, 0.1) is 0 Å². The number of hydrogen-bond donors (Lipinski definition) is 2. The van der Waals surface area contributed by atoms with Gasteiger partial charge in [0.1, 0.15) is 12.1 Å². The molecule has 1 fully saturated rings. The van der Waals surface area contributed by atoms with Gasteiger partial charge in [-0.15, -0.1) is 0 Å². The molecular formula is C15H17ClN2O4. The first-order valence-corrected chi connectivity index (χ1v) is 7.37. The number of carbonyl (C=O) groups excluding carboxylic acids is 2. The van der Waals surface area contributed by atoms with Gasteiger partial charge in [-0.25, -0.2) is 4.79 Å². The monoisotopic (exact) mass is 324 g/mol. The summed E-state index contributed by atoms with van der Waals surface area (Å²) in [4.78, 5) is 36.8. The number of likely N-dealkylation sites (tertiary alicyclic amines) is 1. The molecule has 2 N–H and O–H groups in total. The first-order valence-electron chi connectivity index (χ1n) is 7.00. The third kappa shape index (κ3) is 3.57. The second-order valence-electron chi connectivity index (χ2n) is 5.23. The molecule has 0 aromatic heterocycles. The van der Waals surface area contributed by atoms with Crippen LogP contribution in [0.2, 0.25) is 5.02 Å². The van der Waals surface area contributed by atoms with Crippen LogP contribution < -0.4 is 5.32 Å².